The molecule has 1 aromatic heterocycles. The number of benzene rings is 1. The van der Waals surface area contributed by atoms with Gasteiger partial charge in [-0.15, -0.1) is 0 Å². The molecule has 0 radical (unpaired) electrons. The van der Waals surface area contributed by atoms with Gasteiger partial charge in [0.2, 0.25) is 0 Å². The van der Waals surface area contributed by atoms with E-state index in [1.54, 1.807) is 0 Å². The van der Waals surface area contributed by atoms with Crippen LogP contribution in [0, 0.1) is 0 Å². The summed E-state index contributed by atoms with van der Waals surface area (Å²) in [6, 6.07) is 7.65. The molecule has 0 saturated carbocycles. The minimum atomic E-state index is -0.418. The van der Waals surface area contributed by atoms with E-state index in [0.29, 0.717) is 40.4 Å². The zero-order valence-electron chi connectivity index (χ0n) is 16.9. The lowest BCUT2D eigenvalue weighted by Gasteiger charge is -2.32. The molecule has 6 nitrogen and oxygen atoms in total. The molecule has 152 valence electrons. The first-order valence-electron chi connectivity index (χ1n) is 10.0. The number of carbonyl (C=O) groups excluding carboxylic acids is 1. The minimum Gasteiger partial charge on any atom is -0.494 e. The van der Waals surface area contributed by atoms with Crippen LogP contribution in [-0.2, 0) is 4.79 Å². The Morgan fingerprint density at radius 3 is 2.66 bits per heavy atom. The summed E-state index contributed by atoms with van der Waals surface area (Å²) in [5, 5.41) is 4.19. The molecule has 1 aliphatic heterocycles. The topological polar surface area (TPSA) is 84.1 Å². The molecule has 1 aliphatic carbocycles. The number of nitrogens with one attached hydrogen (secondary N) is 2. The lowest BCUT2D eigenvalue weighted by Crippen LogP contribution is -2.32. The quantitative estimate of drug-likeness (QED) is 0.566. The fourth-order valence-electron chi connectivity index (χ4n) is 3.98. The molecular weight excluding hydrogens is 386 g/mol. The average molecular weight is 412 g/mol. The van der Waals surface area contributed by atoms with Gasteiger partial charge in [0.25, 0.3) is 5.56 Å². The predicted octanol–water partition coefficient (Wildman–Crippen LogP) is 4.23. The number of nitrogens with zero attached hydrogens (tertiary/aromatic N) is 1. The molecule has 0 fully saturated rings. The van der Waals surface area contributed by atoms with Crippen molar-refractivity contribution in [3.8, 4) is 5.75 Å². The summed E-state index contributed by atoms with van der Waals surface area (Å²) in [7, 11) is 0. The first kappa shape index (κ1) is 19.8. The number of carbonyl (C=O) groups is 1. The van der Waals surface area contributed by atoms with Gasteiger partial charge >= 0.3 is 0 Å². The van der Waals surface area contributed by atoms with Crippen LogP contribution in [0.5, 0.6) is 5.75 Å². The molecule has 2 N–H and O–H groups in total. The van der Waals surface area contributed by atoms with Crippen LogP contribution in [-0.4, -0.2) is 27.6 Å². The number of ketones is 1. The highest BCUT2D eigenvalue weighted by Crippen LogP contribution is 2.43. The molecule has 2 heterocycles. The van der Waals surface area contributed by atoms with E-state index in [4.69, 9.17) is 4.74 Å². The van der Waals surface area contributed by atoms with Crippen LogP contribution in [0.15, 0.2) is 45.5 Å². The number of Topliss-reactive ketones (excluding diaryl/α,β-unsaturated/α-hetero) is 1. The molecule has 1 unspecified atom stereocenters. The number of aromatic nitrogens is 2. The number of H-pyrrole nitrogens is 1. The molecule has 0 spiro atoms. The van der Waals surface area contributed by atoms with Crippen molar-refractivity contribution in [1.82, 2.24) is 9.97 Å². The maximum Gasteiger partial charge on any atom is 0.257 e. The standard InChI is InChI=1S/C22H25N3O3S/c1-4-28-14-10-8-13(9-11-14)17-18-15(6-5-7-16(18)26)23-20-19(17)21(27)25-22(24-20)29-12(2)3/h8-12,17H,4-7H2,1-3H3,(H2,23,24,25,27). The van der Waals surface area contributed by atoms with Crippen LogP contribution in [0.2, 0.25) is 0 Å². The number of aromatic amines is 1. The van der Waals surface area contributed by atoms with E-state index in [1.165, 1.54) is 11.8 Å². The molecular formula is C22H25N3O3S. The van der Waals surface area contributed by atoms with Gasteiger partial charge in [-0.05, 0) is 37.5 Å². The van der Waals surface area contributed by atoms with Crippen molar-refractivity contribution < 1.29 is 9.53 Å². The Morgan fingerprint density at radius 1 is 1.21 bits per heavy atom. The maximum atomic E-state index is 13.1. The van der Waals surface area contributed by atoms with Gasteiger partial charge in [0.15, 0.2) is 10.9 Å². The van der Waals surface area contributed by atoms with Gasteiger partial charge in [-0.2, -0.15) is 0 Å². The molecule has 0 amide bonds. The minimum absolute atomic E-state index is 0.100. The Labute approximate surface area is 174 Å². The largest absolute Gasteiger partial charge is 0.494 e. The Morgan fingerprint density at radius 2 is 1.97 bits per heavy atom. The number of ether oxygens (including phenoxy) is 1. The molecule has 29 heavy (non-hydrogen) atoms. The average Bonchev–Trinajstić information content (AvgIpc) is 2.67. The first-order chi connectivity index (χ1) is 14.0. The summed E-state index contributed by atoms with van der Waals surface area (Å²) >= 11 is 1.51. The zero-order chi connectivity index (χ0) is 20.5. The van der Waals surface area contributed by atoms with Crippen LogP contribution in [0.1, 0.15) is 57.1 Å². The summed E-state index contributed by atoms with van der Waals surface area (Å²) in [5.41, 5.74) is 2.80. The van der Waals surface area contributed by atoms with Gasteiger partial charge in [0, 0.05) is 28.9 Å². The fourth-order valence-corrected chi connectivity index (χ4v) is 4.72. The number of allylic oxidation sites excluding steroid dienone is 2. The van der Waals surface area contributed by atoms with E-state index in [-0.39, 0.29) is 11.3 Å². The van der Waals surface area contributed by atoms with E-state index >= 15 is 0 Å². The second-order valence-corrected chi connectivity index (χ2v) is 9.09. The molecule has 2 aliphatic rings. The summed E-state index contributed by atoms with van der Waals surface area (Å²) in [6.07, 6.45) is 2.11. The van der Waals surface area contributed by atoms with Crippen molar-refractivity contribution in [2.24, 2.45) is 0 Å². The van der Waals surface area contributed by atoms with Gasteiger partial charge in [-0.1, -0.05) is 37.7 Å². The molecule has 4 rings (SSSR count). The molecule has 1 aromatic carbocycles. The Balaban J connectivity index is 1.86. The summed E-state index contributed by atoms with van der Waals surface area (Å²) < 4.78 is 5.55. The molecule has 0 saturated heterocycles. The molecule has 2 aromatic rings. The monoisotopic (exact) mass is 411 g/mol. The smallest absolute Gasteiger partial charge is 0.257 e. The highest BCUT2D eigenvalue weighted by Gasteiger charge is 2.37. The van der Waals surface area contributed by atoms with Gasteiger partial charge in [-0.3, -0.25) is 9.59 Å². The van der Waals surface area contributed by atoms with Crippen molar-refractivity contribution in [2.45, 2.75) is 56.4 Å². The Kier molecular flexibility index (Phi) is 5.50. The molecule has 1 atom stereocenters. The summed E-state index contributed by atoms with van der Waals surface area (Å²) in [5.74, 6) is 1.01. The van der Waals surface area contributed by atoms with Gasteiger partial charge < -0.3 is 15.0 Å². The fraction of sp³-hybridized carbons (Fsp3) is 0.409. The number of rotatable bonds is 5. The van der Waals surface area contributed by atoms with Crippen LogP contribution < -0.4 is 15.6 Å². The molecule has 0 bridgehead atoms. The molecule has 7 heteroatoms. The van der Waals surface area contributed by atoms with Crippen LogP contribution in [0.25, 0.3) is 0 Å². The highest BCUT2D eigenvalue weighted by atomic mass is 32.2. The first-order valence-corrected chi connectivity index (χ1v) is 10.9. The second-order valence-electron chi connectivity index (χ2n) is 7.53. The van der Waals surface area contributed by atoms with E-state index in [0.717, 1.165) is 29.9 Å². The van der Waals surface area contributed by atoms with E-state index < -0.39 is 5.92 Å². The van der Waals surface area contributed by atoms with Crippen LogP contribution in [0.3, 0.4) is 0 Å². The zero-order valence-corrected chi connectivity index (χ0v) is 17.7. The van der Waals surface area contributed by atoms with Gasteiger partial charge in [0.05, 0.1) is 12.2 Å². The van der Waals surface area contributed by atoms with Crippen molar-refractivity contribution in [1.29, 1.82) is 0 Å². The Hall–Kier alpha value is -2.54. The number of hydrogen-bond donors (Lipinski definition) is 2. The van der Waals surface area contributed by atoms with Gasteiger partial charge in [0.1, 0.15) is 11.6 Å². The van der Waals surface area contributed by atoms with Crippen molar-refractivity contribution in [2.75, 3.05) is 11.9 Å². The van der Waals surface area contributed by atoms with Gasteiger partial charge in [-0.25, -0.2) is 4.98 Å². The van der Waals surface area contributed by atoms with E-state index in [2.05, 4.69) is 29.1 Å². The number of hydrogen-bond acceptors (Lipinski definition) is 6. The number of anilines is 1. The van der Waals surface area contributed by atoms with Crippen LogP contribution in [0.4, 0.5) is 5.82 Å². The van der Waals surface area contributed by atoms with E-state index in [1.807, 2.05) is 31.2 Å². The van der Waals surface area contributed by atoms with E-state index in [9.17, 15) is 9.59 Å². The normalized spacial score (nSPS) is 18.3. The van der Waals surface area contributed by atoms with Crippen molar-refractivity contribution >= 4 is 23.4 Å². The lowest BCUT2D eigenvalue weighted by molar-refractivity contribution is -0.116. The summed E-state index contributed by atoms with van der Waals surface area (Å²) in [4.78, 5) is 33.5. The van der Waals surface area contributed by atoms with Crippen molar-refractivity contribution in [3.05, 3.63) is 57.0 Å². The maximum absolute atomic E-state index is 13.1. The van der Waals surface area contributed by atoms with Crippen LogP contribution >= 0.6 is 11.8 Å². The third kappa shape index (κ3) is 3.83. The third-order valence-electron chi connectivity index (χ3n) is 5.11. The second kappa shape index (κ2) is 8.06. The third-order valence-corrected chi connectivity index (χ3v) is 6.00. The lowest BCUT2D eigenvalue weighted by atomic mass is 9.76. The Bertz CT molecular complexity index is 1020. The highest BCUT2D eigenvalue weighted by molar-refractivity contribution is 7.99. The number of fused-ring (bicyclic) bond motifs is 1. The predicted molar refractivity (Wildman–Crippen MR) is 115 cm³/mol. The summed E-state index contributed by atoms with van der Waals surface area (Å²) in [6.45, 7) is 6.64. The van der Waals surface area contributed by atoms with Crippen molar-refractivity contribution in [3.63, 3.8) is 0 Å². The SMILES string of the molecule is CCOc1ccc(C2C3=C(CCCC3=O)Nc3nc(SC(C)C)[nH]c(=O)c32)cc1. The number of thioether (sulfide) groups is 1.